The van der Waals surface area contributed by atoms with Crippen molar-refractivity contribution in [3.05, 3.63) is 84.4 Å². The molecule has 0 fully saturated rings. The molecule has 1 aromatic carbocycles. The first-order valence-corrected chi connectivity index (χ1v) is 8.94. The molecule has 146 valence electrons. The summed E-state index contributed by atoms with van der Waals surface area (Å²) in [6.07, 6.45) is 10.6. The largest absolute Gasteiger partial charge is 0.432 e. The Bertz CT molecular complexity index is 1540. The smallest absolute Gasteiger partial charge is 0.306 e. The summed E-state index contributed by atoms with van der Waals surface area (Å²) >= 11 is 0. The first-order chi connectivity index (χ1) is 14.6. The second-order valence-corrected chi connectivity index (χ2v) is 6.76. The van der Waals surface area contributed by atoms with Crippen LogP contribution in [0.3, 0.4) is 0 Å². The van der Waals surface area contributed by atoms with Gasteiger partial charge in [0.25, 0.3) is 0 Å². The van der Waals surface area contributed by atoms with Gasteiger partial charge in [-0.15, -0.1) is 10.2 Å². The summed E-state index contributed by atoms with van der Waals surface area (Å²) in [5.74, 6) is -2.51. The fourth-order valence-corrected chi connectivity index (χ4v) is 3.52. The number of aromatic nitrogens is 5. The van der Waals surface area contributed by atoms with Crippen LogP contribution < -0.4 is 0 Å². The Morgan fingerprint density at radius 1 is 0.933 bits per heavy atom. The first-order valence-electron chi connectivity index (χ1n) is 8.94. The number of rotatable bonds is 3. The van der Waals surface area contributed by atoms with Gasteiger partial charge in [-0.3, -0.25) is 8.80 Å². The van der Waals surface area contributed by atoms with E-state index < -0.39 is 17.5 Å². The number of imidazole rings is 1. The van der Waals surface area contributed by atoms with Gasteiger partial charge >= 0.3 is 5.84 Å². The molecule has 0 N–H and O–H groups in total. The topological polar surface area (TPSA) is 60.6 Å². The number of allylic oxidation sites excluding steroid dienone is 4. The average Bonchev–Trinajstić information content (AvgIpc) is 3.38. The highest BCUT2D eigenvalue weighted by molar-refractivity contribution is 5.83. The van der Waals surface area contributed by atoms with Gasteiger partial charge in [-0.1, -0.05) is 18.2 Å². The predicted molar refractivity (Wildman–Crippen MR) is 102 cm³/mol. The second kappa shape index (κ2) is 5.93. The van der Waals surface area contributed by atoms with E-state index in [1.54, 1.807) is 33.3 Å². The summed E-state index contributed by atoms with van der Waals surface area (Å²) in [5, 5.41) is 8.37. The molecule has 0 saturated heterocycles. The Morgan fingerprint density at radius 2 is 1.77 bits per heavy atom. The number of halogens is 3. The molecule has 0 amide bonds. The van der Waals surface area contributed by atoms with Crippen molar-refractivity contribution in [1.29, 1.82) is 0 Å². The molecule has 0 aliphatic heterocycles. The van der Waals surface area contributed by atoms with Crippen LogP contribution in [0.15, 0.2) is 65.6 Å². The molecular weight excluding hydrogens is 395 g/mol. The zero-order valence-electron chi connectivity index (χ0n) is 15.1. The van der Waals surface area contributed by atoms with Gasteiger partial charge in [0.05, 0.1) is 5.69 Å². The van der Waals surface area contributed by atoms with Crippen molar-refractivity contribution in [2.45, 2.75) is 0 Å². The lowest BCUT2D eigenvalue weighted by molar-refractivity contribution is 0.496. The number of benzene rings is 1. The molecule has 5 aromatic rings. The van der Waals surface area contributed by atoms with Crippen LogP contribution in [0.4, 0.5) is 13.2 Å². The molecule has 0 radical (unpaired) electrons. The fourth-order valence-electron chi connectivity index (χ4n) is 3.52. The summed E-state index contributed by atoms with van der Waals surface area (Å²) < 4.78 is 50.6. The minimum Gasteiger partial charge on any atom is -0.432 e. The molecule has 0 unspecified atom stereocenters. The minimum atomic E-state index is -1.27. The van der Waals surface area contributed by atoms with Crippen LogP contribution in [0, 0.1) is 17.5 Å². The Labute approximate surface area is 166 Å². The van der Waals surface area contributed by atoms with Gasteiger partial charge in [-0.05, 0) is 18.2 Å². The fraction of sp³-hybridized carbons (Fsp3) is 0. The maximum absolute atomic E-state index is 14.5. The van der Waals surface area contributed by atoms with Crippen molar-refractivity contribution < 1.29 is 17.6 Å². The van der Waals surface area contributed by atoms with E-state index >= 15 is 0 Å². The van der Waals surface area contributed by atoms with Gasteiger partial charge in [0.1, 0.15) is 17.8 Å². The third-order valence-corrected chi connectivity index (χ3v) is 5.01. The average molecular weight is 405 g/mol. The van der Waals surface area contributed by atoms with Gasteiger partial charge in [-0.2, -0.15) is 4.98 Å². The van der Waals surface area contributed by atoms with Crippen molar-refractivity contribution in [1.82, 2.24) is 24.0 Å². The molecule has 1 aliphatic rings. The molecular formula is C21H10F3N5O. The normalized spacial score (nSPS) is 13.2. The van der Waals surface area contributed by atoms with Crippen LogP contribution in [0.25, 0.3) is 39.6 Å². The van der Waals surface area contributed by atoms with E-state index in [2.05, 4.69) is 15.2 Å². The number of oxazole rings is 1. The van der Waals surface area contributed by atoms with E-state index in [9.17, 15) is 13.2 Å². The van der Waals surface area contributed by atoms with Crippen molar-refractivity contribution >= 4 is 17.1 Å². The highest BCUT2D eigenvalue weighted by Gasteiger charge is 2.23. The molecule has 1 aliphatic carbocycles. The van der Waals surface area contributed by atoms with Gasteiger partial charge in [-0.25, -0.2) is 13.2 Å². The Morgan fingerprint density at radius 3 is 2.57 bits per heavy atom. The SMILES string of the molecule is Fc1cc(F)c(-c2nc3occn3c2-c2ccc3nnc(C4=CC=C4)n3c2)cc1F. The standard InChI is InChI=1S/C21H10F3N5O/c22-14-9-16(24)15(23)8-13(14)18-19(28-6-7-30-21(28)25-18)12-4-5-17-26-27-20(29(17)10-12)11-2-1-3-11/h1-10H. The zero-order valence-corrected chi connectivity index (χ0v) is 15.1. The molecule has 4 heterocycles. The zero-order chi connectivity index (χ0) is 20.4. The van der Waals surface area contributed by atoms with Gasteiger partial charge in [0.15, 0.2) is 23.1 Å². The molecule has 0 saturated carbocycles. The summed E-state index contributed by atoms with van der Waals surface area (Å²) in [5.41, 5.74) is 2.61. The van der Waals surface area contributed by atoms with E-state index in [-0.39, 0.29) is 17.1 Å². The van der Waals surface area contributed by atoms with Gasteiger partial charge in [0.2, 0.25) is 0 Å². The summed E-state index contributed by atoms with van der Waals surface area (Å²) in [6.45, 7) is 0. The van der Waals surface area contributed by atoms with Crippen LogP contribution >= 0.6 is 0 Å². The Hall–Kier alpha value is -4.14. The first kappa shape index (κ1) is 16.8. The van der Waals surface area contributed by atoms with Crippen LogP contribution in [0.1, 0.15) is 5.82 Å². The molecule has 0 spiro atoms. The summed E-state index contributed by atoms with van der Waals surface area (Å²) in [4.78, 5) is 4.31. The van der Waals surface area contributed by atoms with Gasteiger partial charge in [0, 0.05) is 35.2 Å². The molecule has 4 aromatic heterocycles. The van der Waals surface area contributed by atoms with E-state index in [0.717, 1.165) is 11.6 Å². The number of fused-ring (bicyclic) bond motifs is 2. The van der Waals surface area contributed by atoms with E-state index in [0.29, 0.717) is 28.8 Å². The van der Waals surface area contributed by atoms with E-state index in [1.807, 2.05) is 18.2 Å². The minimum absolute atomic E-state index is 0.127. The number of hydrogen-bond acceptors (Lipinski definition) is 4. The summed E-state index contributed by atoms with van der Waals surface area (Å²) in [6, 6.07) is 4.84. The Kier molecular flexibility index (Phi) is 3.32. The lowest BCUT2D eigenvalue weighted by Gasteiger charge is -2.09. The third kappa shape index (κ3) is 2.29. The van der Waals surface area contributed by atoms with Crippen molar-refractivity contribution in [3.8, 4) is 22.5 Å². The monoisotopic (exact) mass is 405 g/mol. The lowest BCUT2D eigenvalue weighted by atomic mass is 10.0. The number of nitrogens with zero attached hydrogens (tertiary/aromatic N) is 5. The number of pyridine rings is 1. The molecule has 0 atom stereocenters. The van der Waals surface area contributed by atoms with Crippen molar-refractivity contribution in [2.24, 2.45) is 0 Å². The lowest BCUT2D eigenvalue weighted by Crippen LogP contribution is -1.98. The van der Waals surface area contributed by atoms with Crippen LogP contribution in [0.5, 0.6) is 0 Å². The molecule has 6 rings (SSSR count). The van der Waals surface area contributed by atoms with E-state index in [1.165, 1.54) is 6.26 Å². The molecule has 6 nitrogen and oxygen atoms in total. The third-order valence-electron chi connectivity index (χ3n) is 5.01. The maximum atomic E-state index is 14.5. The predicted octanol–water partition coefficient (Wildman–Crippen LogP) is 4.67. The molecule has 30 heavy (non-hydrogen) atoms. The molecule has 0 bridgehead atoms. The quantitative estimate of drug-likeness (QED) is 0.409. The molecule has 9 heteroatoms. The Balaban J connectivity index is 1.62. The second-order valence-electron chi connectivity index (χ2n) is 6.76. The summed E-state index contributed by atoms with van der Waals surface area (Å²) in [7, 11) is 0. The van der Waals surface area contributed by atoms with Gasteiger partial charge < -0.3 is 4.42 Å². The van der Waals surface area contributed by atoms with E-state index in [4.69, 9.17) is 4.42 Å². The van der Waals surface area contributed by atoms with Crippen molar-refractivity contribution in [3.63, 3.8) is 0 Å². The van der Waals surface area contributed by atoms with Crippen LogP contribution in [-0.4, -0.2) is 24.0 Å². The number of hydrogen-bond donors (Lipinski definition) is 0. The van der Waals surface area contributed by atoms with Crippen LogP contribution in [-0.2, 0) is 0 Å². The van der Waals surface area contributed by atoms with Crippen molar-refractivity contribution in [2.75, 3.05) is 0 Å². The highest BCUT2D eigenvalue weighted by atomic mass is 19.2. The highest BCUT2D eigenvalue weighted by Crippen LogP contribution is 2.35. The maximum Gasteiger partial charge on any atom is 0.306 e. The van der Waals surface area contributed by atoms with Crippen LogP contribution in [0.2, 0.25) is 0 Å².